The van der Waals surface area contributed by atoms with Crippen LogP contribution in [0.4, 0.5) is 4.79 Å². The number of likely N-dealkylation sites (tertiary alicyclic amines) is 2. The Morgan fingerprint density at radius 1 is 0.889 bits per heavy atom. The molecule has 2 aliphatic rings. The number of hydrogen-bond acceptors (Lipinski definition) is 8. The molecule has 0 aromatic carbocycles. The number of ether oxygens (including phenoxy) is 1. The van der Waals surface area contributed by atoms with Crippen molar-refractivity contribution in [3.8, 4) is 0 Å². The maximum Gasteiger partial charge on any atom is 0.408 e. The zero-order valence-electron chi connectivity index (χ0n) is 21.5. The van der Waals surface area contributed by atoms with E-state index >= 15 is 0 Å². The van der Waals surface area contributed by atoms with Crippen molar-refractivity contribution in [3.63, 3.8) is 0 Å². The van der Waals surface area contributed by atoms with Gasteiger partial charge in [-0.1, -0.05) is 0 Å². The summed E-state index contributed by atoms with van der Waals surface area (Å²) in [4.78, 5) is 66.1. The highest BCUT2D eigenvalue weighted by molar-refractivity contribution is 5.96. The number of nitrogens with one attached hydrogen (secondary N) is 2. The summed E-state index contributed by atoms with van der Waals surface area (Å²) in [6.07, 6.45) is -1.57. The van der Waals surface area contributed by atoms with E-state index in [9.17, 15) is 34.2 Å². The van der Waals surface area contributed by atoms with Crippen LogP contribution in [0.3, 0.4) is 0 Å². The van der Waals surface area contributed by atoms with Crippen LogP contribution >= 0.6 is 0 Å². The third-order valence-corrected chi connectivity index (χ3v) is 6.17. The molecular formula is C23H39N5O8. The van der Waals surface area contributed by atoms with Crippen LogP contribution in [0.25, 0.3) is 0 Å². The summed E-state index contributed by atoms with van der Waals surface area (Å²) in [6.45, 7) is 8.18. The van der Waals surface area contributed by atoms with Crippen LogP contribution in [0.1, 0.15) is 60.3 Å². The van der Waals surface area contributed by atoms with Gasteiger partial charge in [0, 0.05) is 13.1 Å². The Bertz CT molecular complexity index is 856. The van der Waals surface area contributed by atoms with Crippen molar-refractivity contribution in [1.82, 2.24) is 20.4 Å². The van der Waals surface area contributed by atoms with E-state index < -0.39 is 71.7 Å². The van der Waals surface area contributed by atoms with Crippen molar-refractivity contribution in [2.45, 2.75) is 102 Å². The molecule has 204 valence electrons. The van der Waals surface area contributed by atoms with Crippen LogP contribution in [-0.4, -0.2) is 105 Å². The lowest BCUT2D eigenvalue weighted by Gasteiger charge is -2.34. The summed E-state index contributed by atoms with van der Waals surface area (Å²) in [5.74, 6) is -2.58. The van der Waals surface area contributed by atoms with Gasteiger partial charge in [0.15, 0.2) is 0 Å². The molecule has 2 aliphatic heterocycles. The molecule has 6 atom stereocenters. The molecule has 13 heteroatoms. The summed E-state index contributed by atoms with van der Waals surface area (Å²) in [5.41, 5.74) is 4.44. The minimum Gasteiger partial charge on any atom is -0.444 e. The van der Waals surface area contributed by atoms with E-state index in [2.05, 4.69) is 10.6 Å². The standard InChI is InChI=1S/C23H39N5O8/c1-12(29)16(18(24)31)25-19(32)14-8-6-10-27(14)20(33)15-9-7-11-28(15)21(34)17(13(2)30)26-22(35)36-23(3,4)5/h12-17,29-30H,6-11H2,1-5H3,(H2,24,31)(H,25,32)(H,26,35)/t12-,13-,14+,15+,16+,17+/m1/s1. The van der Waals surface area contributed by atoms with E-state index in [1.807, 2.05) is 0 Å². The third-order valence-electron chi connectivity index (χ3n) is 6.17. The van der Waals surface area contributed by atoms with Crippen LogP contribution in [0.15, 0.2) is 0 Å². The van der Waals surface area contributed by atoms with Gasteiger partial charge < -0.3 is 41.1 Å². The largest absolute Gasteiger partial charge is 0.444 e. The first-order chi connectivity index (χ1) is 16.6. The molecular weight excluding hydrogens is 474 g/mol. The highest BCUT2D eigenvalue weighted by Gasteiger charge is 2.45. The lowest BCUT2D eigenvalue weighted by molar-refractivity contribution is -0.148. The molecule has 13 nitrogen and oxygen atoms in total. The van der Waals surface area contributed by atoms with Gasteiger partial charge >= 0.3 is 6.09 Å². The molecule has 0 aromatic rings. The predicted molar refractivity (Wildman–Crippen MR) is 127 cm³/mol. The Kier molecular flexibility index (Phi) is 9.66. The number of alkyl carbamates (subject to hydrolysis) is 1. The van der Waals surface area contributed by atoms with Crippen LogP contribution < -0.4 is 16.4 Å². The zero-order chi connectivity index (χ0) is 27.4. The Morgan fingerprint density at radius 3 is 1.92 bits per heavy atom. The number of nitrogens with two attached hydrogens (primary N) is 1. The van der Waals surface area contributed by atoms with Gasteiger partial charge in [-0.25, -0.2) is 4.79 Å². The van der Waals surface area contributed by atoms with Gasteiger partial charge in [-0.2, -0.15) is 0 Å². The van der Waals surface area contributed by atoms with E-state index in [4.69, 9.17) is 10.5 Å². The first-order valence-electron chi connectivity index (χ1n) is 12.2. The molecule has 0 bridgehead atoms. The maximum atomic E-state index is 13.5. The smallest absolute Gasteiger partial charge is 0.408 e. The predicted octanol–water partition coefficient (Wildman–Crippen LogP) is -1.41. The molecule has 0 unspecified atom stereocenters. The topological polar surface area (TPSA) is 192 Å². The lowest BCUT2D eigenvalue weighted by atomic mass is 10.1. The summed E-state index contributed by atoms with van der Waals surface area (Å²) in [5, 5.41) is 24.7. The van der Waals surface area contributed by atoms with Gasteiger partial charge in [0.25, 0.3) is 0 Å². The van der Waals surface area contributed by atoms with Gasteiger partial charge in [-0.05, 0) is 60.3 Å². The fourth-order valence-electron chi connectivity index (χ4n) is 4.46. The second kappa shape index (κ2) is 11.9. The van der Waals surface area contributed by atoms with E-state index in [-0.39, 0.29) is 13.1 Å². The summed E-state index contributed by atoms with van der Waals surface area (Å²) in [7, 11) is 0. The van der Waals surface area contributed by atoms with E-state index in [1.165, 1.54) is 23.6 Å². The Morgan fingerprint density at radius 2 is 1.42 bits per heavy atom. The van der Waals surface area contributed by atoms with E-state index in [1.54, 1.807) is 20.8 Å². The molecule has 6 N–H and O–H groups in total. The Labute approximate surface area is 210 Å². The molecule has 2 rings (SSSR count). The normalized spacial score (nSPS) is 23.4. The molecule has 2 saturated heterocycles. The number of carbonyl (C=O) groups excluding carboxylic acids is 5. The van der Waals surface area contributed by atoms with Crippen molar-refractivity contribution in [2.75, 3.05) is 13.1 Å². The zero-order valence-corrected chi connectivity index (χ0v) is 21.5. The van der Waals surface area contributed by atoms with Gasteiger partial charge in [-0.15, -0.1) is 0 Å². The number of aliphatic hydroxyl groups is 2. The molecule has 0 saturated carbocycles. The van der Waals surface area contributed by atoms with Crippen molar-refractivity contribution in [2.24, 2.45) is 5.73 Å². The number of carbonyl (C=O) groups is 5. The highest BCUT2D eigenvalue weighted by Crippen LogP contribution is 2.26. The fourth-order valence-corrected chi connectivity index (χ4v) is 4.46. The van der Waals surface area contributed by atoms with Gasteiger partial charge in [0.2, 0.25) is 23.6 Å². The molecule has 5 amide bonds. The fraction of sp³-hybridized carbons (Fsp3) is 0.783. The first kappa shape index (κ1) is 29.3. The first-order valence-corrected chi connectivity index (χ1v) is 12.2. The highest BCUT2D eigenvalue weighted by atomic mass is 16.6. The van der Waals surface area contributed by atoms with Crippen molar-refractivity contribution >= 4 is 29.7 Å². The van der Waals surface area contributed by atoms with Crippen molar-refractivity contribution in [3.05, 3.63) is 0 Å². The second-order valence-corrected chi connectivity index (χ2v) is 10.4. The minimum absolute atomic E-state index is 0.241. The third kappa shape index (κ3) is 7.29. The molecule has 0 spiro atoms. The number of primary amides is 1. The number of amides is 5. The van der Waals surface area contributed by atoms with Gasteiger partial charge in [0.05, 0.1) is 12.2 Å². The molecule has 2 heterocycles. The summed E-state index contributed by atoms with van der Waals surface area (Å²) < 4.78 is 5.19. The van der Waals surface area contributed by atoms with Crippen molar-refractivity contribution in [1.29, 1.82) is 0 Å². The van der Waals surface area contributed by atoms with Gasteiger partial charge in [-0.3, -0.25) is 19.2 Å². The monoisotopic (exact) mass is 513 g/mol. The van der Waals surface area contributed by atoms with Crippen molar-refractivity contribution < 1.29 is 38.9 Å². The number of aliphatic hydroxyl groups excluding tert-OH is 2. The molecule has 36 heavy (non-hydrogen) atoms. The molecule has 0 aromatic heterocycles. The molecule has 2 fully saturated rings. The number of hydrogen-bond donors (Lipinski definition) is 5. The minimum atomic E-state index is -1.33. The van der Waals surface area contributed by atoms with E-state index in [0.29, 0.717) is 25.7 Å². The average Bonchev–Trinajstić information content (AvgIpc) is 3.42. The average molecular weight is 514 g/mol. The van der Waals surface area contributed by atoms with Crippen LogP contribution in [0, 0.1) is 0 Å². The van der Waals surface area contributed by atoms with Gasteiger partial charge in [0.1, 0.15) is 29.8 Å². The Balaban J connectivity index is 2.15. The van der Waals surface area contributed by atoms with Crippen LogP contribution in [-0.2, 0) is 23.9 Å². The van der Waals surface area contributed by atoms with Crippen LogP contribution in [0.2, 0.25) is 0 Å². The second-order valence-electron chi connectivity index (χ2n) is 10.4. The Hall–Kier alpha value is -2.93. The summed E-state index contributed by atoms with van der Waals surface area (Å²) >= 11 is 0. The number of rotatable bonds is 8. The van der Waals surface area contributed by atoms with Crippen LogP contribution in [0.5, 0.6) is 0 Å². The number of nitrogens with zero attached hydrogens (tertiary/aromatic N) is 2. The SMILES string of the molecule is C[C@@H](O)[C@H](NC(=O)[C@@H]1CCCN1C(=O)[C@@H]1CCCN1C(=O)[C@@H](NC(=O)OC(C)(C)C)[C@@H](C)O)C(N)=O. The quantitative estimate of drug-likeness (QED) is 0.261. The lowest BCUT2D eigenvalue weighted by Crippen LogP contribution is -2.59. The summed E-state index contributed by atoms with van der Waals surface area (Å²) in [6, 6.07) is -4.39. The molecule has 0 aliphatic carbocycles. The molecule has 0 radical (unpaired) electrons. The maximum absolute atomic E-state index is 13.5. The van der Waals surface area contributed by atoms with E-state index in [0.717, 1.165) is 0 Å².